The molecule has 0 spiro atoms. The minimum Gasteiger partial charge on any atom is -0.340 e. The molecule has 8 heteroatoms. The summed E-state index contributed by atoms with van der Waals surface area (Å²) in [6.45, 7) is 0. The Morgan fingerprint density at radius 2 is 1.67 bits per heavy atom. The van der Waals surface area contributed by atoms with E-state index in [0.29, 0.717) is 5.69 Å². The number of nitrogens with zero attached hydrogens (tertiary/aromatic N) is 1. The number of rotatable bonds is 4. The van der Waals surface area contributed by atoms with Gasteiger partial charge in [-0.1, -0.05) is 12.1 Å². The maximum absolute atomic E-state index is 13.6. The number of amides is 1. The lowest BCUT2D eigenvalue weighted by Gasteiger charge is -2.10. The van der Waals surface area contributed by atoms with Crippen LogP contribution >= 0.6 is 0 Å². The first-order valence-electron chi connectivity index (χ1n) is 7.79. The lowest BCUT2D eigenvalue weighted by atomic mass is 10.2. The Labute approximate surface area is 151 Å². The minimum absolute atomic E-state index is 0.0385. The Kier molecular flexibility index (Phi) is 5.07. The molecule has 0 unspecified atom stereocenters. The SMILES string of the molecule is O=C(Nc1ccccc1F)c1ccnc(Nc2ccc(C(F)(F)F)cc2)c1. The van der Waals surface area contributed by atoms with Crippen molar-refractivity contribution in [2.45, 2.75) is 6.18 Å². The highest BCUT2D eigenvalue weighted by atomic mass is 19.4. The average Bonchev–Trinajstić information content (AvgIpc) is 2.63. The lowest BCUT2D eigenvalue weighted by molar-refractivity contribution is -0.137. The third kappa shape index (κ3) is 4.60. The van der Waals surface area contributed by atoms with Crippen molar-refractivity contribution in [2.24, 2.45) is 0 Å². The molecule has 4 nitrogen and oxygen atoms in total. The maximum atomic E-state index is 13.6. The molecule has 2 N–H and O–H groups in total. The molecule has 0 aliphatic rings. The normalized spacial score (nSPS) is 11.1. The van der Waals surface area contributed by atoms with Crippen LogP contribution in [0.4, 0.5) is 34.8 Å². The van der Waals surface area contributed by atoms with Crippen LogP contribution in [0.2, 0.25) is 0 Å². The van der Waals surface area contributed by atoms with Crippen molar-refractivity contribution in [3.63, 3.8) is 0 Å². The van der Waals surface area contributed by atoms with E-state index in [-0.39, 0.29) is 17.1 Å². The number of aromatic nitrogens is 1. The zero-order chi connectivity index (χ0) is 19.4. The molecule has 3 rings (SSSR count). The monoisotopic (exact) mass is 375 g/mol. The number of nitrogens with one attached hydrogen (secondary N) is 2. The summed E-state index contributed by atoms with van der Waals surface area (Å²) in [5, 5.41) is 5.27. The van der Waals surface area contributed by atoms with Gasteiger partial charge in [-0.3, -0.25) is 4.79 Å². The summed E-state index contributed by atoms with van der Waals surface area (Å²) >= 11 is 0. The molecule has 0 radical (unpaired) electrons. The third-order valence-electron chi connectivity index (χ3n) is 3.63. The van der Waals surface area contributed by atoms with Gasteiger partial charge in [0, 0.05) is 17.4 Å². The van der Waals surface area contributed by atoms with Crippen LogP contribution in [-0.4, -0.2) is 10.9 Å². The molecular formula is C19H13F4N3O. The number of hydrogen-bond acceptors (Lipinski definition) is 3. The zero-order valence-corrected chi connectivity index (χ0v) is 13.7. The van der Waals surface area contributed by atoms with Crippen LogP contribution in [0, 0.1) is 5.82 Å². The lowest BCUT2D eigenvalue weighted by Crippen LogP contribution is -2.13. The fraction of sp³-hybridized carbons (Fsp3) is 0.0526. The highest BCUT2D eigenvalue weighted by Gasteiger charge is 2.29. The Hall–Kier alpha value is -3.42. The van der Waals surface area contributed by atoms with Gasteiger partial charge < -0.3 is 10.6 Å². The molecule has 0 aliphatic carbocycles. The van der Waals surface area contributed by atoms with Gasteiger partial charge in [-0.05, 0) is 48.5 Å². The Balaban J connectivity index is 1.73. The number of para-hydroxylation sites is 1. The van der Waals surface area contributed by atoms with Gasteiger partial charge in [-0.25, -0.2) is 9.37 Å². The van der Waals surface area contributed by atoms with E-state index in [4.69, 9.17) is 0 Å². The van der Waals surface area contributed by atoms with Crippen LogP contribution in [0.3, 0.4) is 0 Å². The number of anilines is 3. The molecule has 0 fully saturated rings. The summed E-state index contributed by atoms with van der Waals surface area (Å²) in [5.41, 5.74) is -0.139. The fourth-order valence-electron chi connectivity index (χ4n) is 2.29. The molecule has 0 saturated carbocycles. The van der Waals surface area contributed by atoms with E-state index in [0.717, 1.165) is 12.1 Å². The van der Waals surface area contributed by atoms with Gasteiger partial charge in [0.25, 0.3) is 5.91 Å². The van der Waals surface area contributed by atoms with Crippen LogP contribution in [0.5, 0.6) is 0 Å². The van der Waals surface area contributed by atoms with Gasteiger partial charge in [-0.15, -0.1) is 0 Å². The van der Waals surface area contributed by atoms with Crippen molar-refractivity contribution in [3.8, 4) is 0 Å². The second kappa shape index (κ2) is 7.45. The van der Waals surface area contributed by atoms with E-state index >= 15 is 0 Å². The summed E-state index contributed by atoms with van der Waals surface area (Å²) in [4.78, 5) is 16.3. The molecule has 1 amide bonds. The first-order chi connectivity index (χ1) is 12.8. The highest BCUT2D eigenvalue weighted by Crippen LogP contribution is 2.30. The van der Waals surface area contributed by atoms with Gasteiger partial charge in [0.2, 0.25) is 0 Å². The predicted octanol–water partition coefficient (Wildman–Crippen LogP) is 5.24. The summed E-state index contributed by atoms with van der Waals surface area (Å²) < 4.78 is 51.4. The molecule has 1 aromatic heterocycles. The summed E-state index contributed by atoms with van der Waals surface area (Å²) in [5.74, 6) is -0.850. The van der Waals surface area contributed by atoms with Gasteiger partial charge >= 0.3 is 6.18 Å². The molecule has 0 bridgehead atoms. The number of carbonyl (C=O) groups excluding carboxylic acids is 1. The van der Waals surface area contributed by atoms with Crippen LogP contribution in [0.25, 0.3) is 0 Å². The van der Waals surface area contributed by atoms with E-state index in [1.54, 1.807) is 6.07 Å². The number of alkyl halides is 3. The van der Waals surface area contributed by atoms with Crippen LogP contribution in [0.1, 0.15) is 15.9 Å². The number of pyridine rings is 1. The maximum Gasteiger partial charge on any atom is 0.416 e. The van der Waals surface area contributed by atoms with Crippen molar-refractivity contribution < 1.29 is 22.4 Å². The molecule has 27 heavy (non-hydrogen) atoms. The van der Waals surface area contributed by atoms with Crippen molar-refractivity contribution in [2.75, 3.05) is 10.6 Å². The Bertz CT molecular complexity index is 956. The average molecular weight is 375 g/mol. The van der Waals surface area contributed by atoms with Gasteiger partial charge in [-0.2, -0.15) is 13.2 Å². The Morgan fingerprint density at radius 3 is 2.33 bits per heavy atom. The summed E-state index contributed by atoms with van der Waals surface area (Å²) in [6.07, 6.45) is -3.05. The second-order valence-electron chi connectivity index (χ2n) is 5.56. The van der Waals surface area contributed by atoms with Crippen LogP contribution in [-0.2, 0) is 6.18 Å². The second-order valence-corrected chi connectivity index (χ2v) is 5.56. The number of carbonyl (C=O) groups is 1. The quantitative estimate of drug-likeness (QED) is 0.614. The predicted molar refractivity (Wildman–Crippen MR) is 93.3 cm³/mol. The van der Waals surface area contributed by atoms with E-state index < -0.39 is 23.5 Å². The first-order valence-corrected chi connectivity index (χ1v) is 7.79. The number of benzene rings is 2. The molecule has 0 atom stereocenters. The molecule has 0 aliphatic heterocycles. The van der Waals surface area contributed by atoms with Crippen molar-refractivity contribution in [1.82, 2.24) is 4.98 Å². The third-order valence-corrected chi connectivity index (χ3v) is 3.63. The van der Waals surface area contributed by atoms with Crippen molar-refractivity contribution >= 4 is 23.1 Å². The minimum atomic E-state index is -4.42. The van der Waals surface area contributed by atoms with Crippen molar-refractivity contribution in [1.29, 1.82) is 0 Å². The smallest absolute Gasteiger partial charge is 0.340 e. The first kappa shape index (κ1) is 18.4. The van der Waals surface area contributed by atoms with Gasteiger partial charge in [0.05, 0.1) is 11.3 Å². The highest BCUT2D eigenvalue weighted by molar-refractivity contribution is 6.04. The largest absolute Gasteiger partial charge is 0.416 e. The Morgan fingerprint density at radius 1 is 0.963 bits per heavy atom. The number of halogens is 4. The van der Waals surface area contributed by atoms with Gasteiger partial charge in [0.1, 0.15) is 11.6 Å². The molecule has 1 heterocycles. The molecule has 2 aromatic carbocycles. The van der Waals surface area contributed by atoms with Crippen LogP contribution < -0.4 is 10.6 Å². The molecule has 138 valence electrons. The van der Waals surface area contributed by atoms with E-state index in [9.17, 15) is 22.4 Å². The van der Waals surface area contributed by atoms with E-state index in [2.05, 4.69) is 15.6 Å². The fourth-order valence-corrected chi connectivity index (χ4v) is 2.29. The standard InChI is InChI=1S/C19H13F4N3O/c20-15-3-1-2-4-16(15)26-18(27)12-9-10-24-17(11-12)25-14-7-5-13(6-8-14)19(21,22)23/h1-11H,(H,24,25)(H,26,27). The summed E-state index contributed by atoms with van der Waals surface area (Å²) in [7, 11) is 0. The van der Waals surface area contributed by atoms with Crippen LogP contribution in [0.15, 0.2) is 66.9 Å². The summed E-state index contributed by atoms with van der Waals surface area (Å²) in [6, 6.07) is 13.0. The molecule has 0 saturated heterocycles. The topological polar surface area (TPSA) is 54.0 Å². The van der Waals surface area contributed by atoms with Gasteiger partial charge in [0.15, 0.2) is 0 Å². The molecule has 3 aromatic rings. The zero-order valence-electron chi connectivity index (χ0n) is 13.7. The van der Waals surface area contributed by atoms with Crippen molar-refractivity contribution in [3.05, 3.63) is 83.8 Å². The number of hydrogen-bond donors (Lipinski definition) is 2. The van der Waals surface area contributed by atoms with E-state index in [1.807, 2.05) is 0 Å². The van der Waals surface area contributed by atoms with E-state index in [1.165, 1.54) is 48.7 Å². The molecular weight excluding hydrogens is 362 g/mol.